The first-order chi connectivity index (χ1) is 13.2. The molecular formula is C17H18Cl2N4O4S. The number of hydrogen-bond donors (Lipinski definition) is 0. The Morgan fingerprint density at radius 2 is 1.71 bits per heavy atom. The van der Waals surface area contributed by atoms with Crippen molar-refractivity contribution in [3.8, 4) is 0 Å². The number of aryl methyl sites for hydroxylation is 1. The van der Waals surface area contributed by atoms with Gasteiger partial charge in [-0.15, -0.1) is 0 Å². The molecule has 28 heavy (non-hydrogen) atoms. The van der Waals surface area contributed by atoms with Crippen molar-refractivity contribution in [1.29, 1.82) is 0 Å². The molecule has 0 aliphatic carbocycles. The second kappa shape index (κ2) is 8.20. The lowest BCUT2D eigenvalue weighted by molar-refractivity contribution is -0.133. The summed E-state index contributed by atoms with van der Waals surface area (Å²) in [5.41, 5.74) is 0.323. The molecular weight excluding hydrogens is 427 g/mol. The normalized spacial score (nSPS) is 15.6. The lowest BCUT2D eigenvalue weighted by Crippen LogP contribution is -2.51. The van der Waals surface area contributed by atoms with E-state index in [1.807, 2.05) is 6.92 Å². The van der Waals surface area contributed by atoms with E-state index in [0.717, 1.165) is 10.2 Å². The fourth-order valence-electron chi connectivity index (χ4n) is 2.82. The Kier molecular flexibility index (Phi) is 6.09. The molecule has 0 unspecified atom stereocenters. The Morgan fingerprint density at radius 3 is 2.32 bits per heavy atom. The van der Waals surface area contributed by atoms with Crippen LogP contribution in [-0.2, 0) is 21.4 Å². The number of amides is 1. The second-order valence-electron chi connectivity index (χ2n) is 6.37. The van der Waals surface area contributed by atoms with Crippen LogP contribution in [0.2, 0.25) is 10.0 Å². The van der Waals surface area contributed by atoms with Crippen molar-refractivity contribution in [2.75, 3.05) is 26.2 Å². The number of piperazine rings is 1. The van der Waals surface area contributed by atoms with E-state index in [4.69, 9.17) is 23.2 Å². The van der Waals surface area contributed by atoms with Crippen molar-refractivity contribution in [2.24, 2.45) is 0 Å². The lowest BCUT2D eigenvalue weighted by Gasteiger charge is -2.34. The summed E-state index contributed by atoms with van der Waals surface area (Å²) in [4.78, 5) is 26.2. The fraction of sp³-hybridized carbons (Fsp3) is 0.353. The van der Waals surface area contributed by atoms with E-state index in [9.17, 15) is 18.0 Å². The van der Waals surface area contributed by atoms with Crippen LogP contribution in [0.25, 0.3) is 0 Å². The molecule has 2 aromatic rings. The standard InChI is InChI=1S/C17H18Cl2N4O4S/c1-12-2-4-13(5-3-12)28(26,27)22-8-6-21(7-9-22)15(24)11-23-17(25)16(19)14(18)10-20-23/h2-5,10H,6-9,11H2,1H3. The van der Waals surface area contributed by atoms with Crippen LogP contribution in [0.1, 0.15) is 5.56 Å². The van der Waals surface area contributed by atoms with E-state index >= 15 is 0 Å². The minimum Gasteiger partial charge on any atom is -0.338 e. The summed E-state index contributed by atoms with van der Waals surface area (Å²) in [5, 5.41) is 3.63. The molecule has 1 aliphatic rings. The fourth-order valence-corrected chi connectivity index (χ4v) is 4.52. The molecule has 0 bridgehead atoms. The second-order valence-corrected chi connectivity index (χ2v) is 9.09. The van der Waals surface area contributed by atoms with Gasteiger partial charge in [-0.25, -0.2) is 13.1 Å². The van der Waals surface area contributed by atoms with Gasteiger partial charge in [0.2, 0.25) is 15.9 Å². The molecule has 8 nitrogen and oxygen atoms in total. The molecule has 1 saturated heterocycles. The summed E-state index contributed by atoms with van der Waals surface area (Å²) in [6, 6.07) is 6.64. The van der Waals surface area contributed by atoms with Gasteiger partial charge in [-0.05, 0) is 19.1 Å². The summed E-state index contributed by atoms with van der Waals surface area (Å²) < 4.78 is 27.7. The molecule has 1 fully saturated rings. The van der Waals surface area contributed by atoms with Crippen LogP contribution in [0.15, 0.2) is 40.2 Å². The third-order valence-corrected chi connectivity index (χ3v) is 7.14. The van der Waals surface area contributed by atoms with Gasteiger partial charge in [0.1, 0.15) is 11.6 Å². The van der Waals surface area contributed by atoms with Crippen LogP contribution >= 0.6 is 23.2 Å². The zero-order valence-corrected chi connectivity index (χ0v) is 17.3. The van der Waals surface area contributed by atoms with Crippen molar-refractivity contribution in [3.05, 3.63) is 56.4 Å². The first-order valence-corrected chi connectivity index (χ1v) is 10.7. The van der Waals surface area contributed by atoms with Gasteiger partial charge in [0.15, 0.2) is 0 Å². The molecule has 1 amide bonds. The van der Waals surface area contributed by atoms with Gasteiger partial charge >= 0.3 is 0 Å². The van der Waals surface area contributed by atoms with Crippen molar-refractivity contribution in [2.45, 2.75) is 18.4 Å². The molecule has 0 spiro atoms. The maximum absolute atomic E-state index is 12.7. The minimum atomic E-state index is -3.61. The summed E-state index contributed by atoms with van der Waals surface area (Å²) in [5.74, 6) is -0.347. The van der Waals surface area contributed by atoms with E-state index < -0.39 is 15.6 Å². The first kappa shape index (κ1) is 20.8. The average molecular weight is 445 g/mol. The molecule has 1 aliphatic heterocycles. The molecule has 1 aromatic carbocycles. The summed E-state index contributed by atoms with van der Waals surface area (Å²) >= 11 is 11.5. The molecule has 2 heterocycles. The number of hydrogen-bond acceptors (Lipinski definition) is 5. The van der Waals surface area contributed by atoms with Gasteiger partial charge in [0.25, 0.3) is 5.56 Å². The van der Waals surface area contributed by atoms with Crippen LogP contribution in [0.3, 0.4) is 0 Å². The van der Waals surface area contributed by atoms with E-state index in [0.29, 0.717) is 0 Å². The first-order valence-electron chi connectivity index (χ1n) is 8.46. The monoisotopic (exact) mass is 444 g/mol. The predicted octanol–water partition coefficient (Wildman–Crippen LogP) is 1.39. The van der Waals surface area contributed by atoms with E-state index in [1.54, 1.807) is 24.3 Å². The van der Waals surface area contributed by atoms with Crippen LogP contribution in [0, 0.1) is 6.92 Å². The van der Waals surface area contributed by atoms with Crippen LogP contribution in [-0.4, -0.2) is 59.5 Å². The Bertz CT molecular complexity index is 1050. The molecule has 11 heteroatoms. The molecule has 0 N–H and O–H groups in total. The largest absolute Gasteiger partial charge is 0.338 e. The quantitative estimate of drug-likeness (QED) is 0.710. The number of benzene rings is 1. The molecule has 1 aromatic heterocycles. The predicted molar refractivity (Wildman–Crippen MR) is 105 cm³/mol. The van der Waals surface area contributed by atoms with Gasteiger partial charge in [0, 0.05) is 26.2 Å². The SMILES string of the molecule is Cc1ccc(S(=O)(=O)N2CCN(C(=O)Cn3ncc(Cl)c(Cl)c3=O)CC2)cc1. The number of halogens is 2. The van der Waals surface area contributed by atoms with Crippen LogP contribution in [0.4, 0.5) is 0 Å². The van der Waals surface area contributed by atoms with Gasteiger partial charge < -0.3 is 4.90 Å². The van der Waals surface area contributed by atoms with Crippen molar-refractivity contribution in [1.82, 2.24) is 19.0 Å². The minimum absolute atomic E-state index is 0.0188. The molecule has 3 rings (SSSR count). The van der Waals surface area contributed by atoms with Crippen molar-refractivity contribution in [3.63, 3.8) is 0 Å². The zero-order valence-electron chi connectivity index (χ0n) is 15.0. The highest BCUT2D eigenvalue weighted by Gasteiger charge is 2.30. The number of nitrogens with zero attached hydrogens (tertiary/aromatic N) is 4. The van der Waals surface area contributed by atoms with Gasteiger partial charge in [-0.2, -0.15) is 9.40 Å². The van der Waals surface area contributed by atoms with E-state index in [2.05, 4.69) is 5.10 Å². The number of sulfonamides is 1. The summed E-state index contributed by atoms with van der Waals surface area (Å²) in [6.07, 6.45) is 1.20. The third-order valence-electron chi connectivity index (χ3n) is 4.48. The van der Waals surface area contributed by atoms with E-state index in [-0.39, 0.29) is 53.6 Å². The van der Waals surface area contributed by atoms with Crippen molar-refractivity contribution < 1.29 is 13.2 Å². The van der Waals surface area contributed by atoms with E-state index in [1.165, 1.54) is 15.4 Å². The zero-order chi connectivity index (χ0) is 20.5. The third kappa shape index (κ3) is 4.22. The Hall–Kier alpha value is -1.94. The molecule has 150 valence electrons. The lowest BCUT2D eigenvalue weighted by atomic mass is 10.2. The number of carbonyl (C=O) groups excluding carboxylic acids is 1. The number of carbonyl (C=O) groups is 1. The topological polar surface area (TPSA) is 92.6 Å². The smallest absolute Gasteiger partial charge is 0.287 e. The summed E-state index contributed by atoms with van der Waals surface area (Å²) in [7, 11) is -3.61. The maximum Gasteiger partial charge on any atom is 0.287 e. The summed E-state index contributed by atoms with van der Waals surface area (Å²) in [6.45, 7) is 2.38. The Labute approximate surface area is 172 Å². The highest BCUT2D eigenvalue weighted by atomic mass is 35.5. The Morgan fingerprint density at radius 1 is 1.11 bits per heavy atom. The molecule has 0 saturated carbocycles. The van der Waals surface area contributed by atoms with Crippen molar-refractivity contribution >= 4 is 39.1 Å². The van der Waals surface area contributed by atoms with Gasteiger partial charge in [-0.3, -0.25) is 9.59 Å². The highest BCUT2D eigenvalue weighted by molar-refractivity contribution is 7.89. The average Bonchev–Trinajstić information content (AvgIpc) is 2.69. The Balaban J connectivity index is 1.65. The van der Waals surface area contributed by atoms with Crippen LogP contribution in [0.5, 0.6) is 0 Å². The van der Waals surface area contributed by atoms with Crippen LogP contribution < -0.4 is 5.56 Å². The molecule has 0 atom stereocenters. The number of aromatic nitrogens is 2. The van der Waals surface area contributed by atoms with Gasteiger partial charge in [0.05, 0.1) is 16.1 Å². The number of rotatable bonds is 4. The van der Waals surface area contributed by atoms with Gasteiger partial charge in [-0.1, -0.05) is 40.9 Å². The highest BCUT2D eigenvalue weighted by Crippen LogP contribution is 2.18. The maximum atomic E-state index is 12.7. The molecule has 0 radical (unpaired) electrons.